The van der Waals surface area contributed by atoms with Crippen LogP contribution in [-0.4, -0.2) is 52.6 Å². The van der Waals surface area contributed by atoms with Gasteiger partial charge >= 0.3 is 0 Å². The molecule has 0 radical (unpaired) electrons. The number of hydrogen-bond acceptors (Lipinski definition) is 7. The van der Waals surface area contributed by atoms with Crippen LogP contribution >= 0.6 is 11.6 Å². The maximum Gasteiger partial charge on any atom is 0.145 e. The van der Waals surface area contributed by atoms with Crippen molar-refractivity contribution in [2.75, 3.05) is 25.0 Å². The van der Waals surface area contributed by atoms with Crippen molar-refractivity contribution in [3.05, 3.63) is 35.4 Å². The SMILES string of the molecule is C[C@@H]1CC(CNc2cncc(-c3cc(CC(=O)[C@@H]4CCNC4)ncc3Cl)n2)C[C@H](C)O1. The maximum atomic E-state index is 12.5. The van der Waals surface area contributed by atoms with E-state index in [9.17, 15) is 4.79 Å². The van der Waals surface area contributed by atoms with Crippen molar-refractivity contribution in [1.29, 1.82) is 0 Å². The molecule has 2 aromatic heterocycles. The highest BCUT2D eigenvalue weighted by Gasteiger charge is 2.25. The molecule has 4 heterocycles. The van der Waals surface area contributed by atoms with Crippen LogP contribution in [0.1, 0.15) is 38.8 Å². The van der Waals surface area contributed by atoms with Gasteiger partial charge in [0, 0.05) is 42.9 Å². The van der Waals surface area contributed by atoms with E-state index in [1.807, 2.05) is 6.07 Å². The van der Waals surface area contributed by atoms with Gasteiger partial charge in [0.1, 0.15) is 11.6 Å². The quantitative estimate of drug-likeness (QED) is 0.676. The first kappa shape index (κ1) is 22.1. The lowest BCUT2D eigenvalue weighted by molar-refractivity contribution is -0.121. The lowest BCUT2D eigenvalue weighted by Gasteiger charge is -2.32. The molecule has 0 aliphatic carbocycles. The summed E-state index contributed by atoms with van der Waals surface area (Å²) in [5, 5.41) is 7.15. The van der Waals surface area contributed by atoms with E-state index in [1.165, 1.54) is 0 Å². The summed E-state index contributed by atoms with van der Waals surface area (Å²) in [6, 6.07) is 1.86. The Balaban J connectivity index is 1.44. The lowest BCUT2D eigenvalue weighted by atomic mass is 9.92. The number of ketones is 1. The molecule has 2 fully saturated rings. The normalized spacial score (nSPS) is 26.0. The Bertz CT molecular complexity index is 909. The Morgan fingerprint density at radius 3 is 2.81 bits per heavy atom. The first-order valence-corrected chi connectivity index (χ1v) is 11.5. The first-order valence-electron chi connectivity index (χ1n) is 11.1. The second kappa shape index (κ2) is 10.0. The van der Waals surface area contributed by atoms with Crippen LogP contribution in [-0.2, 0) is 16.0 Å². The molecule has 166 valence electrons. The Kier molecular flexibility index (Phi) is 7.15. The summed E-state index contributed by atoms with van der Waals surface area (Å²) in [7, 11) is 0. The van der Waals surface area contributed by atoms with Crippen LogP contribution in [0.5, 0.6) is 0 Å². The monoisotopic (exact) mass is 443 g/mol. The highest BCUT2D eigenvalue weighted by Crippen LogP contribution is 2.28. The molecule has 0 saturated carbocycles. The summed E-state index contributed by atoms with van der Waals surface area (Å²) >= 11 is 6.42. The number of anilines is 1. The molecule has 0 bridgehead atoms. The molecular formula is C23H30ClN5O2. The predicted octanol–water partition coefficient (Wildman–Crippen LogP) is 3.53. The minimum Gasteiger partial charge on any atom is -0.376 e. The molecule has 8 heteroatoms. The molecule has 0 amide bonds. The first-order chi connectivity index (χ1) is 15.0. The third-order valence-electron chi connectivity index (χ3n) is 6.06. The molecule has 7 nitrogen and oxygen atoms in total. The Labute approximate surface area is 188 Å². The lowest BCUT2D eigenvalue weighted by Crippen LogP contribution is -2.32. The topological polar surface area (TPSA) is 89.0 Å². The van der Waals surface area contributed by atoms with Crippen LogP contribution in [0.3, 0.4) is 0 Å². The fraction of sp³-hybridized carbons (Fsp3) is 0.565. The summed E-state index contributed by atoms with van der Waals surface area (Å²) in [5.41, 5.74) is 2.12. The van der Waals surface area contributed by atoms with E-state index < -0.39 is 0 Å². The number of Topliss-reactive ketones (excluding diaryl/α,β-unsaturated/α-hetero) is 1. The molecule has 4 atom stereocenters. The molecular weight excluding hydrogens is 414 g/mol. The van der Waals surface area contributed by atoms with Gasteiger partial charge in [0.25, 0.3) is 0 Å². The van der Waals surface area contributed by atoms with E-state index in [2.05, 4.69) is 34.4 Å². The van der Waals surface area contributed by atoms with E-state index in [1.54, 1.807) is 18.6 Å². The summed E-state index contributed by atoms with van der Waals surface area (Å²) in [5.74, 6) is 1.54. The molecule has 0 spiro atoms. The Hall–Kier alpha value is -2.09. The van der Waals surface area contributed by atoms with Gasteiger partial charge in [-0.1, -0.05) is 11.6 Å². The fourth-order valence-corrected chi connectivity index (χ4v) is 4.77. The summed E-state index contributed by atoms with van der Waals surface area (Å²) in [6.07, 6.45) is 8.85. The second-order valence-corrected chi connectivity index (χ2v) is 9.16. The van der Waals surface area contributed by atoms with Gasteiger partial charge in [0.15, 0.2) is 0 Å². The zero-order chi connectivity index (χ0) is 21.8. The summed E-state index contributed by atoms with van der Waals surface area (Å²) in [4.78, 5) is 25.9. The highest BCUT2D eigenvalue weighted by atomic mass is 35.5. The molecule has 4 rings (SSSR count). The summed E-state index contributed by atoms with van der Waals surface area (Å²) in [6.45, 7) is 6.73. The van der Waals surface area contributed by atoms with Gasteiger partial charge in [0.05, 0.1) is 35.3 Å². The molecule has 31 heavy (non-hydrogen) atoms. The minimum atomic E-state index is 0.0730. The van der Waals surface area contributed by atoms with Crippen LogP contribution in [0.2, 0.25) is 5.02 Å². The van der Waals surface area contributed by atoms with Crippen molar-refractivity contribution < 1.29 is 9.53 Å². The third kappa shape index (κ3) is 5.79. The van der Waals surface area contributed by atoms with Crippen molar-refractivity contribution in [3.8, 4) is 11.3 Å². The van der Waals surface area contributed by atoms with Crippen LogP contribution in [0.15, 0.2) is 24.7 Å². The number of rotatable bonds is 7. The molecule has 2 saturated heterocycles. The van der Waals surface area contributed by atoms with E-state index in [0.29, 0.717) is 34.6 Å². The van der Waals surface area contributed by atoms with E-state index in [4.69, 9.17) is 21.3 Å². The predicted molar refractivity (Wildman–Crippen MR) is 121 cm³/mol. The van der Waals surface area contributed by atoms with Gasteiger partial charge in [0.2, 0.25) is 0 Å². The van der Waals surface area contributed by atoms with E-state index >= 15 is 0 Å². The average molecular weight is 444 g/mol. The average Bonchev–Trinajstić information content (AvgIpc) is 3.28. The molecule has 2 aromatic rings. The molecule has 2 aliphatic rings. The highest BCUT2D eigenvalue weighted by molar-refractivity contribution is 6.33. The number of pyridine rings is 1. The molecule has 2 N–H and O–H groups in total. The van der Waals surface area contributed by atoms with Crippen LogP contribution in [0.4, 0.5) is 5.82 Å². The number of carbonyl (C=O) groups is 1. The third-order valence-corrected chi connectivity index (χ3v) is 6.36. The largest absolute Gasteiger partial charge is 0.376 e. The minimum absolute atomic E-state index is 0.0730. The van der Waals surface area contributed by atoms with Crippen molar-refractivity contribution >= 4 is 23.2 Å². The van der Waals surface area contributed by atoms with Crippen molar-refractivity contribution in [2.24, 2.45) is 11.8 Å². The smallest absolute Gasteiger partial charge is 0.145 e. The number of carbonyl (C=O) groups excluding carboxylic acids is 1. The van der Waals surface area contributed by atoms with E-state index in [0.717, 1.165) is 44.5 Å². The van der Waals surface area contributed by atoms with Gasteiger partial charge < -0.3 is 15.4 Å². The molecule has 0 aromatic carbocycles. The summed E-state index contributed by atoms with van der Waals surface area (Å²) < 4.78 is 5.83. The Morgan fingerprint density at radius 2 is 2.06 bits per heavy atom. The van der Waals surface area contributed by atoms with Crippen LogP contribution in [0.25, 0.3) is 11.3 Å². The van der Waals surface area contributed by atoms with Crippen molar-refractivity contribution in [1.82, 2.24) is 20.3 Å². The number of nitrogens with one attached hydrogen (secondary N) is 2. The zero-order valence-corrected chi connectivity index (χ0v) is 18.9. The molecule has 2 aliphatic heterocycles. The van der Waals surface area contributed by atoms with Gasteiger partial charge in [-0.05, 0) is 51.6 Å². The van der Waals surface area contributed by atoms with Crippen molar-refractivity contribution in [3.63, 3.8) is 0 Å². The second-order valence-electron chi connectivity index (χ2n) is 8.75. The number of hydrogen-bond donors (Lipinski definition) is 2. The standard InChI is InChI=1S/C23H30ClN5O2/c1-14-5-16(6-15(2)31-14)9-28-23-13-26-12-21(29-23)19-7-18(27-11-20(19)24)8-22(30)17-3-4-25-10-17/h7,11-17,25H,3-6,8-10H2,1-2H3,(H,28,29)/t14-,15+,16?,17-/m1/s1. The van der Waals surface area contributed by atoms with Crippen molar-refractivity contribution in [2.45, 2.75) is 51.7 Å². The van der Waals surface area contributed by atoms with Crippen LogP contribution < -0.4 is 10.6 Å². The maximum absolute atomic E-state index is 12.5. The molecule has 1 unspecified atom stereocenters. The number of aromatic nitrogens is 3. The number of halogens is 1. The number of ether oxygens (including phenoxy) is 1. The van der Waals surface area contributed by atoms with Gasteiger partial charge in [-0.3, -0.25) is 14.8 Å². The number of nitrogens with zero attached hydrogens (tertiary/aromatic N) is 3. The van der Waals surface area contributed by atoms with Gasteiger partial charge in [-0.2, -0.15) is 0 Å². The van der Waals surface area contributed by atoms with E-state index in [-0.39, 0.29) is 23.9 Å². The van der Waals surface area contributed by atoms with Gasteiger partial charge in [-0.15, -0.1) is 0 Å². The fourth-order valence-electron chi connectivity index (χ4n) is 4.57. The zero-order valence-electron chi connectivity index (χ0n) is 18.1. The van der Waals surface area contributed by atoms with Crippen LogP contribution in [0, 0.1) is 11.8 Å². The Morgan fingerprint density at radius 1 is 1.26 bits per heavy atom. The van der Waals surface area contributed by atoms with Gasteiger partial charge in [-0.25, -0.2) is 4.98 Å².